The molecule has 1 aromatic rings. The van der Waals surface area contributed by atoms with Crippen LogP contribution < -0.4 is 5.32 Å². The molecule has 0 aliphatic rings. The van der Waals surface area contributed by atoms with Gasteiger partial charge in [-0.05, 0) is 6.26 Å². The van der Waals surface area contributed by atoms with Gasteiger partial charge in [0.1, 0.15) is 11.0 Å². The number of alkyl halides is 3. The normalized spacial score (nSPS) is 13.5. The zero-order chi connectivity index (χ0) is 13.1. The van der Waals surface area contributed by atoms with Gasteiger partial charge in [0.05, 0.1) is 6.54 Å². The molecule has 0 radical (unpaired) electrons. The minimum Gasteiger partial charge on any atom is -0.382 e. The molecule has 0 fully saturated rings. The van der Waals surface area contributed by atoms with E-state index in [2.05, 4.69) is 15.3 Å². The number of aliphatic hydroxyl groups is 1. The summed E-state index contributed by atoms with van der Waals surface area (Å²) >= 11 is 6.85. The van der Waals surface area contributed by atoms with Gasteiger partial charge in [-0.15, -0.1) is 0 Å². The van der Waals surface area contributed by atoms with Gasteiger partial charge in [0, 0.05) is 6.07 Å². The molecule has 4 nitrogen and oxygen atoms in total. The minimum absolute atomic E-state index is 0.119. The Morgan fingerprint density at radius 2 is 2.18 bits per heavy atom. The summed E-state index contributed by atoms with van der Waals surface area (Å²) in [6.07, 6.45) is -5.40. The van der Waals surface area contributed by atoms with Gasteiger partial charge in [-0.2, -0.15) is 13.2 Å². The maximum atomic E-state index is 12.0. The Bertz CT molecular complexity index is 391. The fourth-order valence-electron chi connectivity index (χ4n) is 0.896. The summed E-state index contributed by atoms with van der Waals surface area (Å²) in [5, 5.41) is 11.6. The number of hydrogen-bond donors (Lipinski definition) is 2. The second-order valence-corrected chi connectivity index (χ2v) is 4.16. The van der Waals surface area contributed by atoms with Gasteiger partial charge in [0.2, 0.25) is 0 Å². The highest BCUT2D eigenvalue weighted by Crippen LogP contribution is 2.21. The van der Waals surface area contributed by atoms with E-state index < -0.39 is 18.8 Å². The smallest absolute Gasteiger partial charge is 0.382 e. The number of nitrogens with one attached hydrogen (secondary N) is 1. The van der Waals surface area contributed by atoms with Crippen LogP contribution in [0.15, 0.2) is 11.2 Å². The zero-order valence-electron chi connectivity index (χ0n) is 8.62. The molecule has 0 spiro atoms. The number of nitrogens with zero attached hydrogens (tertiary/aromatic N) is 2. The molecular weight excluding hydrogens is 279 g/mol. The van der Waals surface area contributed by atoms with Crippen LogP contribution in [0.3, 0.4) is 0 Å². The first-order valence-corrected chi connectivity index (χ1v) is 6.00. The highest BCUT2D eigenvalue weighted by atomic mass is 35.5. The first-order chi connectivity index (χ1) is 7.82. The van der Waals surface area contributed by atoms with Gasteiger partial charge >= 0.3 is 6.18 Å². The van der Waals surface area contributed by atoms with Gasteiger partial charge < -0.3 is 10.4 Å². The quantitative estimate of drug-likeness (QED) is 0.505. The molecule has 1 aromatic heterocycles. The SMILES string of the molecule is CSc1nc(Cl)cc(NCC(O)C(F)(F)F)n1. The Balaban J connectivity index is 2.66. The van der Waals surface area contributed by atoms with Crippen molar-refractivity contribution in [3.63, 3.8) is 0 Å². The Morgan fingerprint density at radius 1 is 1.53 bits per heavy atom. The highest BCUT2D eigenvalue weighted by molar-refractivity contribution is 7.98. The molecule has 0 bridgehead atoms. The molecule has 17 heavy (non-hydrogen) atoms. The molecule has 96 valence electrons. The van der Waals surface area contributed by atoms with Crippen LogP contribution in [0.4, 0.5) is 19.0 Å². The Morgan fingerprint density at radius 3 is 2.71 bits per heavy atom. The van der Waals surface area contributed by atoms with Crippen molar-refractivity contribution in [3.8, 4) is 0 Å². The Labute approximate surface area is 105 Å². The maximum absolute atomic E-state index is 12.0. The lowest BCUT2D eigenvalue weighted by molar-refractivity contribution is -0.198. The van der Waals surface area contributed by atoms with Crippen LogP contribution in [-0.2, 0) is 0 Å². The van der Waals surface area contributed by atoms with E-state index in [0.29, 0.717) is 5.16 Å². The third kappa shape index (κ3) is 4.57. The van der Waals surface area contributed by atoms with Gasteiger partial charge in [-0.3, -0.25) is 0 Å². The summed E-state index contributed by atoms with van der Waals surface area (Å²) in [6.45, 7) is -0.690. The average molecular weight is 288 g/mol. The van der Waals surface area contributed by atoms with E-state index in [1.807, 2.05) is 0 Å². The fraction of sp³-hybridized carbons (Fsp3) is 0.500. The first-order valence-electron chi connectivity index (χ1n) is 4.40. The van der Waals surface area contributed by atoms with Crippen LogP contribution in [0, 0.1) is 0 Å². The lowest BCUT2D eigenvalue weighted by Crippen LogP contribution is -2.35. The van der Waals surface area contributed by atoms with Crippen LogP contribution in [0.2, 0.25) is 5.15 Å². The summed E-state index contributed by atoms with van der Waals surface area (Å²) in [6, 6.07) is 1.28. The van der Waals surface area contributed by atoms with Crippen molar-refractivity contribution in [1.29, 1.82) is 0 Å². The van der Waals surface area contributed by atoms with E-state index in [4.69, 9.17) is 16.7 Å². The standard InChI is InChI=1S/C8H9ClF3N3OS/c1-17-7-14-5(9)2-6(15-7)13-3-4(16)8(10,11)12/h2,4,16H,3H2,1H3,(H,13,14,15). The third-order valence-corrected chi connectivity index (χ3v) is 2.45. The fourth-order valence-corrected chi connectivity index (χ4v) is 1.51. The first kappa shape index (κ1) is 14.3. The van der Waals surface area contributed by atoms with Crippen molar-refractivity contribution >= 4 is 29.2 Å². The molecular formula is C8H9ClF3N3OS. The van der Waals surface area contributed by atoms with Crippen LogP contribution >= 0.6 is 23.4 Å². The van der Waals surface area contributed by atoms with Crippen molar-refractivity contribution < 1.29 is 18.3 Å². The Kier molecular flexibility index (Phi) is 4.84. The molecule has 0 aromatic carbocycles. The largest absolute Gasteiger partial charge is 0.416 e. The predicted molar refractivity (Wildman–Crippen MR) is 59.4 cm³/mol. The number of rotatable bonds is 4. The van der Waals surface area contributed by atoms with E-state index in [1.165, 1.54) is 17.8 Å². The number of halogens is 4. The molecule has 0 amide bonds. The average Bonchev–Trinajstić information content (AvgIpc) is 2.23. The molecule has 1 heterocycles. The monoisotopic (exact) mass is 287 g/mol. The maximum Gasteiger partial charge on any atom is 0.416 e. The molecule has 2 N–H and O–H groups in total. The number of aliphatic hydroxyl groups excluding tert-OH is 1. The predicted octanol–water partition coefficient (Wildman–Crippen LogP) is 2.19. The highest BCUT2D eigenvalue weighted by Gasteiger charge is 2.37. The van der Waals surface area contributed by atoms with Crippen LogP contribution in [0.1, 0.15) is 0 Å². The summed E-state index contributed by atoms with van der Waals surface area (Å²) in [7, 11) is 0. The van der Waals surface area contributed by atoms with Crippen LogP contribution in [-0.4, -0.2) is 40.2 Å². The molecule has 0 saturated heterocycles. The lowest BCUT2D eigenvalue weighted by Gasteiger charge is -2.15. The number of aromatic nitrogens is 2. The lowest BCUT2D eigenvalue weighted by atomic mass is 10.3. The van der Waals surface area contributed by atoms with Gasteiger partial charge in [0.25, 0.3) is 0 Å². The summed E-state index contributed by atoms with van der Waals surface area (Å²) < 4.78 is 36.1. The molecule has 9 heteroatoms. The zero-order valence-corrected chi connectivity index (χ0v) is 10.2. The van der Waals surface area contributed by atoms with Crippen molar-refractivity contribution in [2.24, 2.45) is 0 Å². The molecule has 0 saturated carbocycles. The molecule has 1 atom stereocenters. The molecule has 1 rings (SSSR count). The summed E-state index contributed by atoms with van der Waals surface area (Å²) in [4.78, 5) is 7.70. The number of thioether (sulfide) groups is 1. The number of hydrogen-bond acceptors (Lipinski definition) is 5. The summed E-state index contributed by atoms with van der Waals surface area (Å²) in [5.74, 6) is 0.137. The molecule has 1 unspecified atom stereocenters. The van der Waals surface area contributed by atoms with E-state index in [-0.39, 0.29) is 11.0 Å². The van der Waals surface area contributed by atoms with Crippen molar-refractivity contribution in [2.45, 2.75) is 17.4 Å². The van der Waals surface area contributed by atoms with Crippen molar-refractivity contribution in [1.82, 2.24) is 9.97 Å². The van der Waals surface area contributed by atoms with E-state index in [9.17, 15) is 13.2 Å². The topological polar surface area (TPSA) is 58.0 Å². The second kappa shape index (κ2) is 5.74. The van der Waals surface area contributed by atoms with E-state index >= 15 is 0 Å². The van der Waals surface area contributed by atoms with E-state index in [0.717, 1.165) is 0 Å². The van der Waals surface area contributed by atoms with Gasteiger partial charge in [0.15, 0.2) is 11.3 Å². The molecule has 0 aliphatic heterocycles. The van der Waals surface area contributed by atoms with Crippen LogP contribution in [0.25, 0.3) is 0 Å². The van der Waals surface area contributed by atoms with Crippen molar-refractivity contribution in [3.05, 3.63) is 11.2 Å². The second-order valence-electron chi connectivity index (χ2n) is 3.00. The molecule has 0 aliphatic carbocycles. The van der Waals surface area contributed by atoms with E-state index in [1.54, 1.807) is 6.26 Å². The third-order valence-electron chi connectivity index (χ3n) is 1.71. The minimum atomic E-state index is -4.66. The Hall–Kier alpha value is -0.730. The summed E-state index contributed by atoms with van der Waals surface area (Å²) in [5.41, 5.74) is 0. The number of anilines is 1. The van der Waals surface area contributed by atoms with Gasteiger partial charge in [-0.25, -0.2) is 9.97 Å². The van der Waals surface area contributed by atoms with Crippen LogP contribution in [0.5, 0.6) is 0 Å². The van der Waals surface area contributed by atoms with Crippen molar-refractivity contribution in [2.75, 3.05) is 18.1 Å². The van der Waals surface area contributed by atoms with Gasteiger partial charge in [-0.1, -0.05) is 23.4 Å².